The van der Waals surface area contributed by atoms with E-state index in [0.717, 1.165) is 4.90 Å². The molecule has 4 rings (SSSR count). The number of amides is 8. The number of rotatable bonds is 15. The summed E-state index contributed by atoms with van der Waals surface area (Å²) in [6.45, 7) is 6.17. The van der Waals surface area contributed by atoms with Gasteiger partial charge in [0.15, 0.2) is 0 Å². The van der Waals surface area contributed by atoms with E-state index in [-0.39, 0.29) is 81.6 Å². The van der Waals surface area contributed by atoms with Crippen molar-refractivity contribution in [1.82, 2.24) is 45.9 Å². The molecule has 0 spiro atoms. The standard InChI is InChI=1S/C46H64ClF4N9O9S/c1-8-59-35(21-28-13-11-14-29(47)20-28)39(63)54-27(4)41(65)57(6)18-10-9-16-34(38(62)56-32(43(59)67)19-26(2)3)58(7)42(66)31(15-12-17-52-37(61)33-24-70-25-53-33)55-40(64)36-22-30(48)23-60(36)44(68)45(5,69)46(49,50)51/h11,13-14,20,24-27,30-32,34-36,69H,8-10,12,15-19,21-23H2,1-7H3,(H,52,61)(H,54,63)(H,55,64)(H,56,62)/t27-,30-,31+,32+,34+,35+,36+,45-/m1/s1. The molecule has 0 radical (unpaired) electrons. The van der Waals surface area contributed by atoms with Crippen molar-refractivity contribution in [3.63, 3.8) is 0 Å². The molecular formula is C46H64ClF4N9O9S. The number of nitrogens with zero attached hydrogens (tertiary/aromatic N) is 5. The van der Waals surface area contributed by atoms with Gasteiger partial charge >= 0.3 is 6.18 Å². The van der Waals surface area contributed by atoms with E-state index in [9.17, 15) is 61.0 Å². The van der Waals surface area contributed by atoms with Crippen LogP contribution in [0.1, 0.15) is 95.6 Å². The van der Waals surface area contributed by atoms with Crippen molar-refractivity contribution in [2.24, 2.45) is 5.92 Å². The van der Waals surface area contributed by atoms with Crippen molar-refractivity contribution >= 4 is 70.2 Å². The molecule has 3 heterocycles. The third-order valence-electron chi connectivity index (χ3n) is 12.4. The highest BCUT2D eigenvalue weighted by Gasteiger charge is 2.59. The fourth-order valence-corrected chi connectivity index (χ4v) is 9.17. The van der Waals surface area contributed by atoms with E-state index in [1.54, 1.807) is 31.2 Å². The van der Waals surface area contributed by atoms with E-state index >= 15 is 0 Å². The highest BCUT2D eigenvalue weighted by Crippen LogP contribution is 2.34. The van der Waals surface area contributed by atoms with E-state index in [4.69, 9.17) is 11.6 Å². The molecule has 24 heteroatoms. The van der Waals surface area contributed by atoms with Crippen molar-refractivity contribution in [2.75, 3.05) is 40.3 Å². The van der Waals surface area contributed by atoms with Gasteiger partial charge in [0.25, 0.3) is 11.8 Å². The first kappa shape index (κ1) is 57.2. The molecule has 5 N–H and O–H groups in total. The molecule has 2 aliphatic rings. The Kier molecular flexibility index (Phi) is 20.5. The molecule has 0 aliphatic carbocycles. The maximum absolute atomic E-state index is 14.9. The van der Waals surface area contributed by atoms with Crippen molar-refractivity contribution in [1.29, 1.82) is 0 Å². The zero-order chi connectivity index (χ0) is 52.2. The first-order chi connectivity index (χ1) is 32.8. The summed E-state index contributed by atoms with van der Waals surface area (Å²) in [6, 6.07) is -1.52. The van der Waals surface area contributed by atoms with E-state index in [1.807, 2.05) is 13.8 Å². The lowest BCUT2D eigenvalue weighted by molar-refractivity contribution is -0.250. The lowest BCUT2D eigenvalue weighted by Gasteiger charge is -2.36. The number of likely N-dealkylation sites (tertiary alicyclic amines) is 1. The number of aromatic nitrogens is 1. The van der Waals surface area contributed by atoms with Gasteiger partial charge in [-0.1, -0.05) is 37.6 Å². The molecule has 18 nitrogen and oxygen atoms in total. The summed E-state index contributed by atoms with van der Waals surface area (Å²) in [7, 11) is 2.81. The molecule has 8 amide bonds. The van der Waals surface area contributed by atoms with Crippen LogP contribution in [0.5, 0.6) is 0 Å². The second kappa shape index (κ2) is 25.1. The van der Waals surface area contributed by atoms with Crippen LogP contribution >= 0.6 is 22.9 Å². The first-order valence-electron chi connectivity index (χ1n) is 23.2. The van der Waals surface area contributed by atoms with Crippen LogP contribution in [0.25, 0.3) is 0 Å². The number of alkyl halides is 4. The molecule has 2 aliphatic heterocycles. The molecule has 0 saturated carbocycles. The number of benzene rings is 1. The van der Waals surface area contributed by atoms with Gasteiger partial charge in [0, 0.05) is 57.0 Å². The molecule has 0 bridgehead atoms. The van der Waals surface area contributed by atoms with Crippen molar-refractivity contribution in [3.8, 4) is 0 Å². The van der Waals surface area contributed by atoms with Crippen LogP contribution in [0.15, 0.2) is 35.2 Å². The van der Waals surface area contributed by atoms with Crippen LogP contribution in [-0.4, -0.2) is 171 Å². The first-order valence-corrected chi connectivity index (χ1v) is 24.5. The summed E-state index contributed by atoms with van der Waals surface area (Å²) in [5.74, 6) is -7.27. The Morgan fingerprint density at radius 2 is 1.77 bits per heavy atom. The maximum atomic E-state index is 14.9. The Hall–Kier alpha value is -5.42. The van der Waals surface area contributed by atoms with E-state index in [0.29, 0.717) is 17.0 Å². The predicted molar refractivity (Wildman–Crippen MR) is 251 cm³/mol. The van der Waals surface area contributed by atoms with E-state index in [1.165, 1.54) is 53.0 Å². The zero-order valence-electron chi connectivity index (χ0n) is 40.3. The number of carbonyl (C=O) groups excluding carboxylic acids is 8. The molecule has 1 aromatic carbocycles. The van der Waals surface area contributed by atoms with Gasteiger partial charge in [0.2, 0.25) is 41.0 Å². The number of likely N-dealkylation sites (N-methyl/N-ethyl adjacent to an activating group) is 3. The van der Waals surface area contributed by atoms with Crippen LogP contribution in [0.4, 0.5) is 17.6 Å². The number of halogens is 5. The smallest absolute Gasteiger partial charge is 0.373 e. The maximum Gasteiger partial charge on any atom is 0.426 e. The van der Waals surface area contributed by atoms with Gasteiger partial charge in [-0.25, -0.2) is 9.37 Å². The number of nitrogens with one attached hydrogen (secondary N) is 4. The Morgan fingerprint density at radius 1 is 1.07 bits per heavy atom. The van der Waals surface area contributed by atoms with Gasteiger partial charge < -0.3 is 46.0 Å². The highest BCUT2D eigenvalue weighted by molar-refractivity contribution is 7.07. The number of carbonyl (C=O) groups is 8. The summed E-state index contributed by atoms with van der Waals surface area (Å²) in [5, 5.41) is 22.8. The van der Waals surface area contributed by atoms with Crippen molar-refractivity contribution in [2.45, 2.75) is 140 Å². The lowest BCUT2D eigenvalue weighted by Crippen LogP contribution is -2.61. The summed E-state index contributed by atoms with van der Waals surface area (Å²) >= 11 is 7.47. The van der Waals surface area contributed by atoms with E-state index < -0.39 is 114 Å². The summed E-state index contributed by atoms with van der Waals surface area (Å²) in [5.41, 5.74) is -1.80. The van der Waals surface area contributed by atoms with Gasteiger partial charge in [0.05, 0.1) is 12.1 Å². The molecule has 8 atom stereocenters. The Balaban J connectivity index is 1.71. The van der Waals surface area contributed by atoms with Crippen LogP contribution in [0.2, 0.25) is 5.02 Å². The number of aliphatic hydroxyl groups is 1. The summed E-state index contributed by atoms with van der Waals surface area (Å²) in [4.78, 5) is 119. The summed E-state index contributed by atoms with van der Waals surface area (Å²) < 4.78 is 56.2. The molecule has 1 aromatic heterocycles. The molecule has 0 unspecified atom stereocenters. The number of hydrogen-bond donors (Lipinski definition) is 5. The minimum Gasteiger partial charge on any atom is -0.373 e. The largest absolute Gasteiger partial charge is 0.426 e. The minimum absolute atomic E-state index is 0.000364. The Morgan fingerprint density at radius 3 is 2.39 bits per heavy atom. The van der Waals surface area contributed by atoms with Crippen LogP contribution in [-0.2, 0) is 40.0 Å². The predicted octanol–water partition coefficient (Wildman–Crippen LogP) is 3.01. The minimum atomic E-state index is -5.49. The fraction of sp³-hybridized carbons (Fsp3) is 0.630. The number of hydrogen-bond acceptors (Lipinski definition) is 11. The molecule has 2 aromatic rings. The monoisotopic (exact) mass is 1030 g/mol. The van der Waals surface area contributed by atoms with Gasteiger partial charge in [-0.05, 0) is 82.9 Å². The average Bonchev–Trinajstić information content (AvgIpc) is 3.98. The topological polar surface area (TPSA) is 231 Å². The lowest BCUT2D eigenvalue weighted by atomic mass is 9.98. The SMILES string of the molecule is CCN1C(=O)[C@H](CC(C)C)NC(=O)[C@@H](N(C)C(=O)[C@H](CCCNC(=O)c2cscn2)NC(=O)[C@@H]2C[C@@H](F)CN2C(=O)[C@@](C)(O)C(F)(F)F)CCCCN(C)C(=O)[C@@H](C)NC(=O)[C@@H]1Cc1cccc(Cl)c1. The molecule has 70 heavy (non-hydrogen) atoms. The van der Waals surface area contributed by atoms with Crippen LogP contribution in [0.3, 0.4) is 0 Å². The Bertz CT molecular complexity index is 2190. The van der Waals surface area contributed by atoms with Gasteiger partial charge in [-0.3, -0.25) is 38.4 Å². The van der Waals surface area contributed by atoms with Gasteiger partial charge in [-0.2, -0.15) is 13.2 Å². The Labute approximate surface area is 413 Å². The van der Waals surface area contributed by atoms with E-state index in [2.05, 4.69) is 26.3 Å². The van der Waals surface area contributed by atoms with Crippen molar-refractivity contribution < 1.29 is 61.0 Å². The second-order valence-corrected chi connectivity index (χ2v) is 19.5. The quantitative estimate of drug-likeness (QED) is 0.129. The second-order valence-electron chi connectivity index (χ2n) is 18.3. The van der Waals surface area contributed by atoms with Gasteiger partial charge in [0.1, 0.15) is 48.1 Å². The van der Waals surface area contributed by atoms with Crippen molar-refractivity contribution in [3.05, 3.63) is 51.4 Å². The number of thiazole rings is 1. The molecular weight excluding hydrogens is 966 g/mol. The molecule has 2 fully saturated rings. The third-order valence-corrected chi connectivity index (χ3v) is 13.2. The normalized spacial score (nSPS) is 23.6. The fourth-order valence-electron chi connectivity index (χ4n) is 8.43. The molecule has 2 saturated heterocycles. The summed E-state index contributed by atoms with van der Waals surface area (Å²) in [6.07, 6.45) is -7.87. The molecule has 388 valence electrons. The highest BCUT2D eigenvalue weighted by atomic mass is 35.5. The van der Waals surface area contributed by atoms with Crippen LogP contribution in [0, 0.1) is 5.92 Å². The zero-order valence-corrected chi connectivity index (χ0v) is 41.9. The average molecular weight is 1030 g/mol. The van der Waals surface area contributed by atoms with Gasteiger partial charge in [-0.15, -0.1) is 11.3 Å². The third kappa shape index (κ3) is 14.8. The van der Waals surface area contributed by atoms with Crippen LogP contribution < -0.4 is 21.3 Å².